The van der Waals surface area contributed by atoms with Crippen molar-refractivity contribution >= 4 is 27.6 Å². The van der Waals surface area contributed by atoms with Gasteiger partial charge in [-0.2, -0.15) is 0 Å². The average molecular weight is 346 g/mol. The Kier molecular flexibility index (Phi) is 4.44. The van der Waals surface area contributed by atoms with Gasteiger partial charge in [0.05, 0.1) is 5.69 Å². The molecule has 0 atom stereocenters. The minimum absolute atomic E-state index is 0.260. The fraction of sp³-hybridized carbons (Fsp3) is 0.190. The number of hydrogen-bond acceptors (Lipinski definition) is 4. The van der Waals surface area contributed by atoms with Crippen molar-refractivity contribution in [1.82, 2.24) is 15.0 Å². The predicted molar refractivity (Wildman–Crippen MR) is 104 cm³/mol. The molecule has 0 aliphatic heterocycles. The molecule has 4 nitrogen and oxygen atoms in total. The van der Waals surface area contributed by atoms with Gasteiger partial charge in [-0.1, -0.05) is 37.6 Å². The zero-order chi connectivity index (χ0) is 17.9. The van der Waals surface area contributed by atoms with Crippen LogP contribution in [0.25, 0.3) is 33.1 Å². The summed E-state index contributed by atoms with van der Waals surface area (Å²) in [6.45, 7) is 2.99. The second-order valence-electron chi connectivity index (χ2n) is 6.21. The van der Waals surface area contributed by atoms with Gasteiger partial charge in [-0.25, -0.2) is 19.3 Å². The molecule has 2 aromatic heterocycles. The van der Waals surface area contributed by atoms with Gasteiger partial charge >= 0.3 is 0 Å². The Balaban J connectivity index is 1.97. The van der Waals surface area contributed by atoms with Gasteiger partial charge in [0.2, 0.25) is 0 Å². The zero-order valence-corrected chi connectivity index (χ0v) is 14.5. The monoisotopic (exact) mass is 346 g/mol. The van der Waals surface area contributed by atoms with Crippen molar-refractivity contribution < 1.29 is 4.39 Å². The number of unbranched alkanes of at least 4 members (excludes halogenated alkanes) is 1. The first-order valence-corrected chi connectivity index (χ1v) is 8.81. The maximum atomic E-state index is 13.4. The van der Waals surface area contributed by atoms with Crippen molar-refractivity contribution in [2.45, 2.75) is 19.8 Å². The Morgan fingerprint density at radius 3 is 2.46 bits per heavy atom. The molecule has 4 rings (SSSR count). The highest BCUT2D eigenvalue weighted by molar-refractivity contribution is 6.11. The van der Waals surface area contributed by atoms with Gasteiger partial charge in [0, 0.05) is 22.9 Å². The molecule has 2 heterocycles. The number of hydrogen-bond donors (Lipinski definition) is 1. The summed E-state index contributed by atoms with van der Waals surface area (Å²) in [7, 11) is 0. The van der Waals surface area contributed by atoms with Crippen LogP contribution < -0.4 is 5.32 Å². The van der Waals surface area contributed by atoms with Crippen LogP contribution in [0.4, 0.5) is 10.2 Å². The summed E-state index contributed by atoms with van der Waals surface area (Å²) < 4.78 is 13.4. The molecule has 0 amide bonds. The fourth-order valence-electron chi connectivity index (χ4n) is 3.09. The van der Waals surface area contributed by atoms with E-state index in [1.54, 1.807) is 18.5 Å². The van der Waals surface area contributed by atoms with Gasteiger partial charge in [0.15, 0.2) is 5.82 Å². The van der Waals surface area contributed by atoms with Crippen molar-refractivity contribution in [1.29, 1.82) is 0 Å². The molecule has 0 spiro atoms. The van der Waals surface area contributed by atoms with E-state index in [1.165, 1.54) is 12.1 Å². The summed E-state index contributed by atoms with van der Waals surface area (Å²) in [4.78, 5) is 13.7. The highest BCUT2D eigenvalue weighted by Crippen LogP contribution is 2.33. The first kappa shape index (κ1) is 16.4. The molecule has 130 valence electrons. The fourth-order valence-corrected chi connectivity index (χ4v) is 3.09. The highest BCUT2D eigenvalue weighted by Gasteiger charge is 2.14. The van der Waals surface area contributed by atoms with E-state index in [0.29, 0.717) is 0 Å². The number of halogens is 1. The highest BCUT2D eigenvalue weighted by atomic mass is 19.1. The molecule has 5 heteroatoms. The first-order chi connectivity index (χ1) is 12.8. The molecule has 0 aliphatic rings. The number of benzene rings is 2. The van der Waals surface area contributed by atoms with Gasteiger partial charge in [0.25, 0.3) is 0 Å². The van der Waals surface area contributed by atoms with Gasteiger partial charge < -0.3 is 5.32 Å². The third-order valence-electron chi connectivity index (χ3n) is 4.42. The van der Waals surface area contributed by atoms with Crippen molar-refractivity contribution in [2.24, 2.45) is 0 Å². The Morgan fingerprint density at radius 2 is 1.69 bits per heavy atom. The summed E-state index contributed by atoms with van der Waals surface area (Å²) in [5.74, 6) is 0.474. The smallest absolute Gasteiger partial charge is 0.156 e. The molecule has 0 unspecified atom stereocenters. The number of pyridine rings is 1. The maximum Gasteiger partial charge on any atom is 0.156 e. The normalized spacial score (nSPS) is 11.2. The second-order valence-corrected chi connectivity index (χ2v) is 6.21. The van der Waals surface area contributed by atoms with Crippen LogP contribution >= 0.6 is 0 Å². The molecule has 0 saturated carbocycles. The predicted octanol–water partition coefficient (Wildman–Crippen LogP) is 5.20. The quantitative estimate of drug-likeness (QED) is 0.399. The molecule has 0 aliphatic carbocycles. The van der Waals surface area contributed by atoms with E-state index in [1.807, 2.05) is 24.3 Å². The largest absolute Gasteiger partial charge is 0.368 e. The van der Waals surface area contributed by atoms with E-state index in [4.69, 9.17) is 4.98 Å². The number of aromatic nitrogens is 3. The lowest BCUT2D eigenvalue weighted by Crippen LogP contribution is -2.05. The summed E-state index contributed by atoms with van der Waals surface area (Å²) >= 11 is 0. The standard InChI is InChI=1S/C21H19FN4/c1-2-3-12-23-21-20-19(24-13-25-21)17-7-5-4-6-16(17)18(26-20)14-8-10-15(22)11-9-14/h4-11,13H,2-3,12H2,1H3,(H,23,24,25). The molecule has 0 saturated heterocycles. The molecule has 4 aromatic rings. The number of rotatable bonds is 5. The van der Waals surface area contributed by atoms with E-state index < -0.39 is 0 Å². The molecule has 0 radical (unpaired) electrons. The second kappa shape index (κ2) is 7.04. The van der Waals surface area contributed by atoms with Crippen LogP contribution in [-0.2, 0) is 0 Å². The van der Waals surface area contributed by atoms with Crippen LogP contribution in [0.2, 0.25) is 0 Å². The van der Waals surface area contributed by atoms with E-state index in [-0.39, 0.29) is 5.82 Å². The van der Waals surface area contributed by atoms with E-state index in [0.717, 1.165) is 58.3 Å². The topological polar surface area (TPSA) is 50.7 Å². The Bertz CT molecular complexity index is 1060. The molecular formula is C21H19FN4. The SMILES string of the molecule is CCCCNc1ncnc2c1nc(-c1ccc(F)cc1)c1ccccc12. The number of nitrogens with zero attached hydrogens (tertiary/aromatic N) is 3. The molecular weight excluding hydrogens is 327 g/mol. The lowest BCUT2D eigenvalue weighted by atomic mass is 10.0. The Morgan fingerprint density at radius 1 is 0.923 bits per heavy atom. The van der Waals surface area contributed by atoms with Gasteiger partial charge in [-0.05, 0) is 30.7 Å². The Hall–Kier alpha value is -3.08. The van der Waals surface area contributed by atoms with Gasteiger partial charge in [-0.3, -0.25) is 0 Å². The van der Waals surface area contributed by atoms with Crippen LogP contribution in [0.15, 0.2) is 54.9 Å². The van der Waals surface area contributed by atoms with Crippen LogP contribution in [0, 0.1) is 5.82 Å². The molecule has 2 aromatic carbocycles. The van der Waals surface area contributed by atoms with Crippen molar-refractivity contribution in [3.8, 4) is 11.3 Å². The van der Waals surface area contributed by atoms with Crippen LogP contribution in [-0.4, -0.2) is 21.5 Å². The van der Waals surface area contributed by atoms with Crippen LogP contribution in [0.3, 0.4) is 0 Å². The maximum absolute atomic E-state index is 13.4. The minimum atomic E-state index is -0.260. The minimum Gasteiger partial charge on any atom is -0.368 e. The molecule has 26 heavy (non-hydrogen) atoms. The number of anilines is 1. The van der Waals surface area contributed by atoms with E-state index >= 15 is 0 Å². The summed E-state index contributed by atoms with van der Waals surface area (Å²) in [6.07, 6.45) is 3.74. The lowest BCUT2D eigenvalue weighted by molar-refractivity contribution is 0.628. The third-order valence-corrected chi connectivity index (χ3v) is 4.42. The molecule has 0 fully saturated rings. The summed E-state index contributed by atoms with van der Waals surface area (Å²) in [6, 6.07) is 14.4. The van der Waals surface area contributed by atoms with Crippen LogP contribution in [0.5, 0.6) is 0 Å². The van der Waals surface area contributed by atoms with Gasteiger partial charge in [0.1, 0.15) is 23.2 Å². The third kappa shape index (κ3) is 2.96. The van der Waals surface area contributed by atoms with Crippen molar-refractivity contribution in [2.75, 3.05) is 11.9 Å². The van der Waals surface area contributed by atoms with Crippen molar-refractivity contribution in [3.05, 3.63) is 60.7 Å². The number of nitrogens with one attached hydrogen (secondary N) is 1. The Labute approximate surface area is 151 Å². The van der Waals surface area contributed by atoms with Crippen LogP contribution in [0.1, 0.15) is 19.8 Å². The molecule has 0 bridgehead atoms. The number of fused-ring (bicyclic) bond motifs is 3. The summed E-state index contributed by atoms with van der Waals surface area (Å²) in [5, 5.41) is 5.37. The zero-order valence-electron chi connectivity index (χ0n) is 14.5. The van der Waals surface area contributed by atoms with Gasteiger partial charge in [-0.15, -0.1) is 0 Å². The average Bonchev–Trinajstić information content (AvgIpc) is 2.68. The molecule has 1 N–H and O–H groups in total. The lowest BCUT2D eigenvalue weighted by Gasteiger charge is -2.12. The van der Waals surface area contributed by atoms with E-state index in [2.05, 4.69) is 22.2 Å². The van der Waals surface area contributed by atoms with E-state index in [9.17, 15) is 4.39 Å². The first-order valence-electron chi connectivity index (χ1n) is 8.81. The summed E-state index contributed by atoms with van der Waals surface area (Å²) in [5.41, 5.74) is 3.23. The van der Waals surface area contributed by atoms with Crippen molar-refractivity contribution in [3.63, 3.8) is 0 Å².